The Labute approximate surface area is 185 Å². The number of likely N-dealkylation sites (tertiary alicyclic amines) is 1. The molecule has 2 saturated heterocycles. The summed E-state index contributed by atoms with van der Waals surface area (Å²) in [6, 6.07) is 12.3. The van der Waals surface area contributed by atoms with Gasteiger partial charge in [0.05, 0.1) is 24.9 Å². The van der Waals surface area contributed by atoms with Crippen LogP contribution in [0.15, 0.2) is 36.5 Å². The Hall–Kier alpha value is -1.95. The number of anilines is 1. The summed E-state index contributed by atoms with van der Waals surface area (Å²) >= 11 is 0. The molecule has 0 saturated carbocycles. The van der Waals surface area contributed by atoms with E-state index < -0.39 is 0 Å². The van der Waals surface area contributed by atoms with Gasteiger partial charge in [0.2, 0.25) is 0 Å². The van der Waals surface area contributed by atoms with Crippen molar-refractivity contribution in [2.24, 2.45) is 5.92 Å². The van der Waals surface area contributed by atoms with Crippen LogP contribution in [0, 0.1) is 5.92 Å². The number of benzene rings is 1. The number of nitrogens with one attached hydrogen (secondary N) is 1. The first-order valence-corrected chi connectivity index (χ1v) is 12.2. The topological polar surface area (TPSA) is 40.6 Å². The SMILES string of the molecule is c1cnc2c(c1)CC[C@H]1CCCN(C[C@H]3Cc4c(cccc4N4CCOCC4)CN3)[C@H]21. The maximum atomic E-state index is 5.60. The Kier molecular flexibility index (Phi) is 5.43. The molecule has 2 aromatic rings. The Morgan fingerprint density at radius 1 is 1.03 bits per heavy atom. The van der Waals surface area contributed by atoms with Crippen molar-refractivity contribution in [2.45, 2.75) is 50.7 Å². The molecule has 0 radical (unpaired) electrons. The molecule has 3 aliphatic heterocycles. The number of rotatable bonds is 3. The molecular formula is C26H34N4O. The number of morpholine rings is 1. The standard InChI is InChI=1S/C26H34N4O/c1-4-21-17-28-22(16-23(21)24(7-1)29-12-14-31-15-13-29)18-30-11-3-6-20-9-8-19-5-2-10-27-25(19)26(20)30/h1-2,4-5,7,10,20,22,26,28H,3,6,8-9,11-18H2/t20-,22-,26+/m1/s1. The molecule has 0 unspecified atom stereocenters. The van der Waals surface area contributed by atoms with Gasteiger partial charge in [0.25, 0.3) is 0 Å². The predicted molar refractivity (Wildman–Crippen MR) is 123 cm³/mol. The van der Waals surface area contributed by atoms with Gasteiger partial charge < -0.3 is 15.0 Å². The van der Waals surface area contributed by atoms with Crippen molar-refractivity contribution < 1.29 is 4.74 Å². The Balaban J connectivity index is 1.23. The summed E-state index contributed by atoms with van der Waals surface area (Å²) in [6.07, 6.45) is 8.33. The van der Waals surface area contributed by atoms with E-state index in [4.69, 9.17) is 9.72 Å². The van der Waals surface area contributed by atoms with Crippen LogP contribution in [0.2, 0.25) is 0 Å². The van der Waals surface area contributed by atoms with Crippen LogP contribution in [0.25, 0.3) is 0 Å². The number of ether oxygens (including phenoxy) is 1. The van der Waals surface area contributed by atoms with Crippen LogP contribution in [-0.4, -0.2) is 55.3 Å². The molecule has 1 aromatic heterocycles. The minimum absolute atomic E-state index is 0.502. The van der Waals surface area contributed by atoms with E-state index in [1.54, 1.807) is 5.56 Å². The highest BCUT2D eigenvalue weighted by molar-refractivity contribution is 5.58. The largest absolute Gasteiger partial charge is 0.378 e. The summed E-state index contributed by atoms with van der Waals surface area (Å²) in [6.45, 7) is 7.00. The Morgan fingerprint density at radius 2 is 1.94 bits per heavy atom. The fourth-order valence-corrected chi connectivity index (χ4v) is 6.43. The molecule has 4 heterocycles. The second-order valence-electron chi connectivity index (χ2n) is 9.72. The molecule has 5 heteroatoms. The molecule has 1 N–H and O–H groups in total. The van der Waals surface area contributed by atoms with Crippen LogP contribution in [0.4, 0.5) is 5.69 Å². The Bertz CT molecular complexity index is 925. The molecule has 1 aromatic carbocycles. The summed E-state index contributed by atoms with van der Waals surface area (Å²) in [4.78, 5) is 10.2. The molecule has 3 atom stereocenters. The molecule has 0 spiro atoms. The lowest BCUT2D eigenvalue weighted by molar-refractivity contribution is 0.0661. The van der Waals surface area contributed by atoms with Crippen molar-refractivity contribution in [1.82, 2.24) is 15.2 Å². The predicted octanol–water partition coefficient (Wildman–Crippen LogP) is 3.33. The zero-order valence-electron chi connectivity index (χ0n) is 18.4. The summed E-state index contributed by atoms with van der Waals surface area (Å²) < 4.78 is 5.60. The van der Waals surface area contributed by atoms with Gasteiger partial charge in [0.1, 0.15) is 0 Å². The van der Waals surface area contributed by atoms with Gasteiger partial charge in [0, 0.05) is 44.1 Å². The average molecular weight is 419 g/mol. The lowest BCUT2D eigenvalue weighted by Crippen LogP contribution is -2.50. The molecule has 0 amide bonds. The average Bonchev–Trinajstić information content (AvgIpc) is 2.84. The summed E-state index contributed by atoms with van der Waals surface area (Å²) in [5.41, 5.74) is 7.31. The normalized spacial score (nSPS) is 28.5. The number of nitrogens with zero attached hydrogens (tertiary/aromatic N) is 3. The maximum absolute atomic E-state index is 5.60. The first kappa shape index (κ1) is 19.7. The zero-order valence-corrected chi connectivity index (χ0v) is 18.4. The monoisotopic (exact) mass is 418 g/mol. The van der Waals surface area contributed by atoms with Crippen molar-refractivity contribution >= 4 is 5.69 Å². The van der Waals surface area contributed by atoms with Crippen LogP contribution in [0.3, 0.4) is 0 Å². The van der Waals surface area contributed by atoms with Gasteiger partial charge in [-0.2, -0.15) is 0 Å². The van der Waals surface area contributed by atoms with Crippen LogP contribution in [0.1, 0.15) is 47.7 Å². The first-order chi connectivity index (χ1) is 15.4. The van der Waals surface area contributed by atoms with Crippen LogP contribution in [0.5, 0.6) is 0 Å². The number of fused-ring (bicyclic) bond motifs is 4. The number of hydrogen-bond acceptors (Lipinski definition) is 5. The second-order valence-corrected chi connectivity index (χ2v) is 9.72. The third-order valence-corrected chi connectivity index (χ3v) is 7.94. The van der Waals surface area contributed by atoms with Crippen molar-refractivity contribution in [2.75, 3.05) is 44.3 Å². The van der Waals surface area contributed by atoms with Gasteiger partial charge >= 0.3 is 0 Å². The van der Waals surface area contributed by atoms with E-state index in [9.17, 15) is 0 Å². The molecule has 1 aliphatic carbocycles. The highest BCUT2D eigenvalue weighted by Crippen LogP contribution is 2.43. The molecule has 164 valence electrons. The number of aromatic nitrogens is 1. The number of pyridine rings is 1. The minimum atomic E-state index is 0.502. The van der Waals surface area contributed by atoms with Gasteiger partial charge in [-0.25, -0.2) is 0 Å². The van der Waals surface area contributed by atoms with Crippen molar-refractivity contribution in [3.63, 3.8) is 0 Å². The summed E-state index contributed by atoms with van der Waals surface area (Å²) in [7, 11) is 0. The molecule has 5 nitrogen and oxygen atoms in total. The van der Waals surface area contributed by atoms with Crippen molar-refractivity contribution in [1.29, 1.82) is 0 Å². The fraction of sp³-hybridized carbons (Fsp3) is 0.577. The van der Waals surface area contributed by atoms with E-state index in [-0.39, 0.29) is 0 Å². The van der Waals surface area contributed by atoms with Gasteiger partial charge in [-0.1, -0.05) is 18.2 Å². The minimum Gasteiger partial charge on any atom is -0.378 e. The summed E-state index contributed by atoms with van der Waals surface area (Å²) in [5.74, 6) is 0.774. The molecule has 6 rings (SSSR count). The van der Waals surface area contributed by atoms with E-state index in [0.717, 1.165) is 51.7 Å². The lowest BCUT2D eigenvalue weighted by atomic mass is 9.76. The summed E-state index contributed by atoms with van der Waals surface area (Å²) in [5, 5.41) is 3.87. The third kappa shape index (κ3) is 3.77. The number of piperidine rings is 1. The van der Waals surface area contributed by atoms with Crippen LogP contribution in [-0.2, 0) is 24.1 Å². The fourth-order valence-electron chi connectivity index (χ4n) is 6.43. The highest BCUT2D eigenvalue weighted by atomic mass is 16.5. The van der Waals surface area contributed by atoms with E-state index in [2.05, 4.69) is 45.4 Å². The van der Waals surface area contributed by atoms with E-state index in [0.29, 0.717) is 12.1 Å². The van der Waals surface area contributed by atoms with Gasteiger partial charge in [-0.15, -0.1) is 0 Å². The van der Waals surface area contributed by atoms with E-state index in [1.807, 2.05) is 6.20 Å². The van der Waals surface area contributed by atoms with Crippen molar-refractivity contribution in [3.05, 3.63) is 58.9 Å². The molecular weight excluding hydrogens is 384 g/mol. The highest BCUT2D eigenvalue weighted by Gasteiger charge is 2.38. The smallest absolute Gasteiger partial charge is 0.0642 e. The molecule has 2 fully saturated rings. The van der Waals surface area contributed by atoms with Gasteiger partial charge in [-0.3, -0.25) is 9.88 Å². The van der Waals surface area contributed by atoms with Crippen LogP contribution < -0.4 is 10.2 Å². The maximum Gasteiger partial charge on any atom is 0.0642 e. The van der Waals surface area contributed by atoms with Gasteiger partial charge in [0.15, 0.2) is 0 Å². The first-order valence-electron chi connectivity index (χ1n) is 12.2. The molecule has 4 aliphatic rings. The zero-order chi connectivity index (χ0) is 20.6. The number of aryl methyl sites for hydroxylation is 1. The second kappa shape index (κ2) is 8.53. The molecule has 31 heavy (non-hydrogen) atoms. The number of hydrogen-bond donors (Lipinski definition) is 1. The quantitative estimate of drug-likeness (QED) is 0.828. The Morgan fingerprint density at radius 3 is 2.87 bits per heavy atom. The van der Waals surface area contributed by atoms with Gasteiger partial charge in [-0.05, 0) is 73.4 Å². The molecule has 0 bridgehead atoms. The van der Waals surface area contributed by atoms with Crippen LogP contribution >= 0.6 is 0 Å². The van der Waals surface area contributed by atoms with Crippen molar-refractivity contribution in [3.8, 4) is 0 Å². The lowest BCUT2D eigenvalue weighted by Gasteiger charge is -2.46. The third-order valence-electron chi connectivity index (χ3n) is 7.94. The van der Waals surface area contributed by atoms with E-state index >= 15 is 0 Å². The van der Waals surface area contributed by atoms with E-state index in [1.165, 1.54) is 54.7 Å².